The number of likely N-dealkylation sites (N-methyl/N-ethyl adjacent to an activating group) is 1. The maximum absolute atomic E-state index is 11.8. The Morgan fingerprint density at radius 3 is 2.30 bits per heavy atom. The first-order chi connectivity index (χ1) is 10.8. The zero-order valence-electron chi connectivity index (χ0n) is 14.4. The molecule has 6 heteroatoms. The molecule has 1 aromatic carbocycles. The van der Waals surface area contributed by atoms with Gasteiger partial charge in [0, 0.05) is 25.3 Å². The summed E-state index contributed by atoms with van der Waals surface area (Å²) in [6.45, 7) is 6.20. The summed E-state index contributed by atoms with van der Waals surface area (Å²) in [4.78, 5) is 25.6. The summed E-state index contributed by atoms with van der Waals surface area (Å²) < 4.78 is 0. The molecule has 128 valence electrons. The predicted octanol–water partition coefficient (Wildman–Crippen LogP) is 0.727. The number of nitrogens with two attached hydrogens (primary N) is 1. The Morgan fingerprint density at radius 1 is 1.13 bits per heavy atom. The molecule has 4 N–H and O–H groups in total. The van der Waals surface area contributed by atoms with Crippen LogP contribution in [-0.4, -0.2) is 44.0 Å². The molecule has 0 fully saturated rings. The Hall–Kier alpha value is -2.08. The van der Waals surface area contributed by atoms with Crippen LogP contribution in [0.25, 0.3) is 0 Å². The molecule has 0 aliphatic carbocycles. The average molecular weight is 320 g/mol. The van der Waals surface area contributed by atoms with Gasteiger partial charge in [-0.1, -0.05) is 32.0 Å². The molecule has 1 unspecified atom stereocenters. The van der Waals surface area contributed by atoms with Gasteiger partial charge >= 0.3 is 0 Å². The quantitative estimate of drug-likeness (QED) is 0.659. The van der Waals surface area contributed by atoms with Gasteiger partial charge in [0.15, 0.2) is 0 Å². The third kappa shape index (κ3) is 6.28. The van der Waals surface area contributed by atoms with Crippen LogP contribution in [0.3, 0.4) is 0 Å². The molecule has 0 saturated carbocycles. The van der Waals surface area contributed by atoms with E-state index in [4.69, 9.17) is 5.73 Å². The van der Waals surface area contributed by atoms with Crippen LogP contribution in [0.2, 0.25) is 0 Å². The number of carbonyl (C=O) groups excluding carboxylic acids is 2. The van der Waals surface area contributed by atoms with Crippen molar-refractivity contribution in [2.24, 2.45) is 11.7 Å². The van der Waals surface area contributed by atoms with E-state index in [1.807, 2.05) is 58.2 Å². The molecule has 0 aliphatic rings. The average Bonchev–Trinajstić information content (AvgIpc) is 2.56. The van der Waals surface area contributed by atoms with Crippen molar-refractivity contribution in [2.75, 3.05) is 25.0 Å². The molecule has 0 heterocycles. The molecular weight excluding hydrogens is 292 g/mol. The highest BCUT2D eigenvalue weighted by Crippen LogP contribution is 2.13. The third-order valence-corrected chi connectivity index (χ3v) is 3.86. The Morgan fingerprint density at radius 2 is 1.74 bits per heavy atom. The minimum atomic E-state index is -0.592. The molecule has 2 atom stereocenters. The highest BCUT2D eigenvalue weighted by molar-refractivity contribution is 5.87. The van der Waals surface area contributed by atoms with Crippen LogP contribution in [0.1, 0.15) is 20.8 Å². The minimum Gasteiger partial charge on any atom is -0.370 e. The second-order valence-corrected chi connectivity index (χ2v) is 6.09. The van der Waals surface area contributed by atoms with Crippen molar-refractivity contribution in [1.82, 2.24) is 10.6 Å². The number of anilines is 1. The fourth-order valence-corrected chi connectivity index (χ4v) is 1.97. The van der Waals surface area contributed by atoms with Crippen LogP contribution in [0.15, 0.2) is 30.3 Å². The maximum Gasteiger partial charge on any atom is 0.239 e. The van der Waals surface area contributed by atoms with Gasteiger partial charge in [-0.3, -0.25) is 9.59 Å². The second-order valence-electron chi connectivity index (χ2n) is 6.09. The summed E-state index contributed by atoms with van der Waals surface area (Å²) in [7, 11) is 1.98. The lowest BCUT2D eigenvalue weighted by atomic mass is 10.1. The molecule has 0 spiro atoms. The van der Waals surface area contributed by atoms with Crippen LogP contribution >= 0.6 is 0 Å². The highest BCUT2D eigenvalue weighted by atomic mass is 16.2. The largest absolute Gasteiger partial charge is 0.370 e. The van der Waals surface area contributed by atoms with E-state index in [0.717, 1.165) is 5.69 Å². The van der Waals surface area contributed by atoms with Gasteiger partial charge < -0.3 is 21.3 Å². The first-order valence-corrected chi connectivity index (χ1v) is 7.90. The fraction of sp³-hybridized carbons (Fsp3) is 0.529. The van der Waals surface area contributed by atoms with E-state index in [0.29, 0.717) is 6.54 Å². The molecule has 0 aromatic heterocycles. The zero-order valence-corrected chi connectivity index (χ0v) is 14.4. The number of nitrogens with one attached hydrogen (secondary N) is 2. The van der Waals surface area contributed by atoms with Crippen LogP contribution in [0.5, 0.6) is 0 Å². The summed E-state index contributed by atoms with van der Waals surface area (Å²) in [5, 5.41) is 5.38. The number of para-hydroxylation sites is 1. The Bertz CT molecular complexity index is 505. The summed E-state index contributed by atoms with van der Waals surface area (Å²) in [6.07, 6.45) is 0. The summed E-state index contributed by atoms with van der Waals surface area (Å²) in [5.74, 6) is -0.482. The number of benzene rings is 1. The van der Waals surface area contributed by atoms with Gasteiger partial charge in [-0.2, -0.15) is 0 Å². The summed E-state index contributed by atoms with van der Waals surface area (Å²) in [6, 6.07) is 9.50. The number of hydrogen-bond acceptors (Lipinski definition) is 4. The molecule has 2 amide bonds. The van der Waals surface area contributed by atoms with Gasteiger partial charge in [-0.15, -0.1) is 0 Å². The van der Waals surface area contributed by atoms with E-state index in [2.05, 4.69) is 15.5 Å². The molecule has 1 aromatic rings. The van der Waals surface area contributed by atoms with Crippen LogP contribution in [-0.2, 0) is 9.59 Å². The van der Waals surface area contributed by atoms with Crippen LogP contribution < -0.4 is 21.3 Å². The number of amides is 2. The highest BCUT2D eigenvalue weighted by Gasteiger charge is 2.18. The van der Waals surface area contributed by atoms with Crippen LogP contribution in [0, 0.1) is 5.92 Å². The maximum atomic E-state index is 11.8. The molecular formula is C17H28N4O2. The summed E-state index contributed by atoms with van der Waals surface area (Å²) >= 11 is 0. The second kappa shape index (κ2) is 9.15. The van der Waals surface area contributed by atoms with Crippen LogP contribution in [0.4, 0.5) is 5.69 Å². The smallest absolute Gasteiger partial charge is 0.239 e. The van der Waals surface area contributed by atoms with Gasteiger partial charge in [0.2, 0.25) is 11.8 Å². The molecule has 0 saturated heterocycles. The van der Waals surface area contributed by atoms with Crippen molar-refractivity contribution < 1.29 is 9.59 Å². The number of rotatable bonds is 8. The van der Waals surface area contributed by atoms with Gasteiger partial charge in [-0.25, -0.2) is 0 Å². The molecule has 23 heavy (non-hydrogen) atoms. The standard InChI is InChI=1S/C17H28N4O2/c1-12(2)16(18)17(23)20-11-15(22)19-10-13(3)21(4)14-8-6-5-7-9-14/h5-9,12-13,16H,10-11,18H2,1-4H3,(H,19,22)(H,20,23)/t13?,16-/m0/s1. The Labute approximate surface area is 138 Å². The lowest BCUT2D eigenvalue weighted by molar-refractivity contribution is -0.127. The first-order valence-electron chi connectivity index (χ1n) is 7.90. The lowest BCUT2D eigenvalue weighted by Gasteiger charge is -2.27. The SMILES string of the molecule is CC(C)[C@H](N)C(=O)NCC(=O)NCC(C)N(C)c1ccccc1. The van der Waals surface area contributed by atoms with Crippen molar-refractivity contribution in [1.29, 1.82) is 0 Å². The summed E-state index contributed by atoms with van der Waals surface area (Å²) in [5.41, 5.74) is 6.81. The van der Waals surface area contributed by atoms with E-state index < -0.39 is 6.04 Å². The molecule has 0 aliphatic heterocycles. The fourth-order valence-electron chi connectivity index (χ4n) is 1.97. The van der Waals surface area contributed by atoms with Crippen molar-refractivity contribution in [3.63, 3.8) is 0 Å². The van der Waals surface area contributed by atoms with Gasteiger partial charge in [0.25, 0.3) is 0 Å². The minimum absolute atomic E-state index is 0.0394. The van der Waals surface area contributed by atoms with Gasteiger partial charge in [0.05, 0.1) is 12.6 Å². The third-order valence-electron chi connectivity index (χ3n) is 3.86. The van der Waals surface area contributed by atoms with Crippen molar-refractivity contribution >= 4 is 17.5 Å². The number of hydrogen-bond donors (Lipinski definition) is 3. The predicted molar refractivity (Wildman–Crippen MR) is 93.1 cm³/mol. The zero-order chi connectivity index (χ0) is 17.4. The molecule has 6 nitrogen and oxygen atoms in total. The monoisotopic (exact) mass is 320 g/mol. The van der Waals surface area contributed by atoms with Crippen molar-refractivity contribution in [2.45, 2.75) is 32.9 Å². The molecule has 1 rings (SSSR count). The molecule has 0 bridgehead atoms. The van der Waals surface area contributed by atoms with E-state index in [1.165, 1.54) is 0 Å². The van der Waals surface area contributed by atoms with E-state index in [1.54, 1.807) is 0 Å². The van der Waals surface area contributed by atoms with Gasteiger partial charge in [-0.05, 0) is 25.0 Å². The van der Waals surface area contributed by atoms with Crippen molar-refractivity contribution in [3.05, 3.63) is 30.3 Å². The lowest BCUT2D eigenvalue weighted by Crippen LogP contribution is -2.48. The van der Waals surface area contributed by atoms with E-state index >= 15 is 0 Å². The topological polar surface area (TPSA) is 87.5 Å². The normalized spacial score (nSPS) is 13.3. The van der Waals surface area contributed by atoms with E-state index in [-0.39, 0.29) is 30.3 Å². The van der Waals surface area contributed by atoms with Gasteiger partial charge in [0.1, 0.15) is 0 Å². The van der Waals surface area contributed by atoms with Crippen molar-refractivity contribution in [3.8, 4) is 0 Å². The Balaban J connectivity index is 2.34. The molecule has 0 radical (unpaired) electrons. The number of carbonyl (C=O) groups is 2. The Kier molecular flexibility index (Phi) is 7.54. The number of nitrogens with zero attached hydrogens (tertiary/aromatic N) is 1. The first kappa shape index (κ1) is 19.0. The van der Waals surface area contributed by atoms with E-state index in [9.17, 15) is 9.59 Å².